The molecule has 0 atom stereocenters. The van der Waals surface area contributed by atoms with Crippen molar-refractivity contribution in [2.75, 3.05) is 0 Å². The van der Waals surface area contributed by atoms with Gasteiger partial charge in [0.1, 0.15) is 0 Å². The van der Waals surface area contributed by atoms with Crippen molar-refractivity contribution in [2.24, 2.45) is 5.73 Å². The molecule has 0 spiro atoms. The van der Waals surface area contributed by atoms with Gasteiger partial charge in [-0.1, -0.05) is 7.43 Å². The number of carbonyl (C=O) groups excluding carboxylic acids is 2. The number of benzene rings is 6. The van der Waals surface area contributed by atoms with Crippen molar-refractivity contribution in [3.05, 3.63) is 198 Å². The molecule has 0 saturated heterocycles. The molecule has 0 saturated carbocycles. The van der Waals surface area contributed by atoms with Crippen LogP contribution in [0.1, 0.15) is 66.9 Å². The largest absolute Gasteiger partial charge is 1.00 e. The average molecular weight is 843 g/mol. The second-order valence-electron chi connectivity index (χ2n) is 13.8. The maximum atomic E-state index is 11.4. The summed E-state index contributed by atoms with van der Waals surface area (Å²) >= 11 is 0. The van der Waals surface area contributed by atoms with Gasteiger partial charge in [-0.05, 0) is 153 Å². The van der Waals surface area contributed by atoms with Gasteiger partial charge in [-0.3, -0.25) is 9.59 Å². The van der Waals surface area contributed by atoms with Gasteiger partial charge in [0.05, 0.1) is 50.9 Å². The van der Waals surface area contributed by atoms with Gasteiger partial charge in [-0.25, -0.2) is 9.59 Å². The minimum absolute atomic E-state index is 0. The number of aromatic nitrogens is 3. The zero-order chi connectivity index (χ0) is 43.2. The molecule has 6 aromatic carbocycles. The Morgan fingerprint density at radius 3 is 1.08 bits per heavy atom. The zero-order valence-corrected chi connectivity index (χ0v) is 33.9. The molecule has 3 aromatic heterocycles. The number of hydrogen-bond acceptors (Lipinski definition) is 7. The number of Topliss-reactive ketones (excluding diaryl/α,β-unsaturated/α-hetero) is 1. The van der Waals surface area contributed by atoms with Crippen LogP contribution in [0.25, 0.3) is 49.8 Å². The Balaban J connectivity index is 0.000000206. The van der Waals surface area contributed by atoms with Crippen LogP contribution >= 0.6 is 0 Å². The number of nitrogens with two attached hydrogens (primary N) is 1. The van der Waals surface area contributed by atoms with E-state index in [1.807, 2.05) is 93.0 Å². The minimum Gasteiger partial charge on any atom is -0.870 e. The van der Waals surface area contributed by atoms with Crippen LogP contribution in [0.3, 0.4) is 0 Å². The summed E-state index contributed by atoms with van der Waals surface area (Å²) < 4.78 is 5.92. The number of carbonyl (C=O) groups is 4. The smallest absolute Gasteiger partial charge is 0.870 e. The predicted octanol–water partition coefficient (Wildman–Crippen LogP) is 6.80. The first-order chi connectivity index (χ1) is 29.4. The molecule has 1 amide bonds. The summed E-state index contributed by atoms with van der Waals surface area (Å²) in [6.07, 6.45) is 5.71. The second kappa shape index (κ2) is 20.9. The van der Waals surface area contributed by atoms with E-state index in [4.69, 9.17) is 26.5 Å². The van der Waals surface area contributed by atoms with Gasteiger partial charge in [-0.2, -0.15) is 10.5 Å². The number of nitriles is 2. The summed E-state index contributed by atoms with van der Waals surface area (Å²) in [4.78, 5) is 44.4. The normalized spacial score (nSPS) is 9.98. The van der Waals surface area contributed by atoms with Crippen molar-refractivity contribution in [1.82, 2.24) is 13.7 Å². The molecule has 0 radical (unpaired) electrons. The van der Waals surface area contributed by atoms with Gasteiger partial charge in [0.2, 0.25) is 5.91 Å². The quantitative estimate of drug-likeness (QED) is 0.113. The zero-order valence-electron chi connectivity index (χ0n) is 33.9. The molecular formula is C50H39LiN6O7. The Bertz CT molecular complexity index is 3080. The van der Waals surface area contributed by atoms with E-state index < -0.39 is 17.8 Å². The predicted molar refractivity (Wildman–Crippen MR) is 240 cm³/mol. The van der Waals surface area contributed by atoms with Crippen LogP contribution in [0.5, 0.6) is 0 Å². The molecule has 0 aliphatic carbocycles. The average Bonchev–Trinajstić information content (AvgIpc) is 4.03. The van der Waals surface area contributed by atoms with E-state index in [-0.39, 0.29) is 48.7 Å². The number of rotatable bonds is 7. The topological polar surface area (TPSA) is 227 Å². The Labute approximate surface area is 379 Å². The van der Waals surface area contributed by atoms with E-state index in [1.165, 1.54) is 0 Å². The first-order valence-corrected chi connectivity index (χ1v) is 18.7. The third-order valence-corrected chi connectivity index (χ3v) is 9.95. The monoisotopic (exact) mass is 842 g/mol. The number of amides is 1. The van der Waals surface area contributed by atoms with Crippen molar-refractivity contribution >= 4 is 56.3 Å². The molecule has 0 fully saturated rings. The minimum atomic E-state index is -0.949. The van der Waals surface area contributed by atoms with Gasteiger partial charge in [-0.15, -0.1) is 0 Å². The SMILES string of the molecule is C.CC(=O)c1ccc2c(ccn2-c2ccc(C#N)cc2)c1.N#Cc1ccc(-n2ccc3cc(C(=O)O)ccc32)cc1.NC(=O)c1ccc(-n2ccc3cc(C(=O)O)ccc32)cc1.[Li+].[OH-]. The van der Waals surface area contributed by atoms with E-state index >= 15 is 0 Å². The fraction of sp³-hybridized carbons (Fsp3) is 0.0400. The van der Waals surface area contributed by atoms with Crippen LogP contribution in [-0.4, -0.2) is 53.0 Å². The number of carboxylic acid groups (broad SMARTS) is 2. The van der Waals surface area contributed by atoms with Crippen molar-refractivity contribution in [1.29, 1.82) is 10.5 Å². The molecule has 3 heterocycles. The molecule has 13 nitrogen and oxygen atoms in total. The summed E-state index contributed by atoms with van der Waals surface area (Å²) in [5.41, 5.74) is 13.8. The van der Waals surface area contributed by atoms with Crippen LogP contribution in [0.2, 0.25) is 0 Å². The summed E-state index contributed by atoms with van der Waals surface area (Å²) in [6.45, 7) is 1.57. The number of hydrogen-bond donors (Lipinski definition) is 3. The van der Waals surface area contributed by atoms with E-state index in [0.29, 0.717) is 16.7 Å². The molecule has 9 rings (SSSR count). The van der Waals surface area contributed by atoms with E-state index in [1.54, 1.807) is 91.9 Å². The van der Waals surface area contributed by atoms with Gasteiger partial charge in [0.15, 0.2) is 5.78 Å². The van der Waals surface area contributed by atoms with Gasteiger partial charge in [0, 0.05) is 62.9 Å². The van der Waals surface area contributed by atoms with Crippen LogP contribution < -0.4 is 24.6 Å². The second-order valence-corrected chi connectivity index (χ2v) is 13.8. The van der Waals surface area contributed by atoms with Crippen LogP contribution in [0.4, 0.5) is 0 Å². The van der Waals surface area contributed by atoms with E-state index in [2.05, 4.69) is 12.1 Å². The summed E-state index contributed by atoms with van der Waals surface area (Å²) in [7, 11) is 0. The van der Waals surface area contributed by atoms with Crippen LogP contribution in [0, 0.1) is 22.7 Å². The third-order valence-electron chi connectivity index (χ3n) is 9.95. The van der Waals surface area contributed by atoms with Crippen molar-refractivity contribution < 1.29 is 53.7 Å². The molecule has 64 heavy (non-hydrogen) atoms. The molecule has 14 heteroatoms. The summed E-state index contributed by atoms with van der Waals surface area (Å²) in [5, 5.41) is 38.4. The number of primary amides is 1. The fourth-order valence-corrected chi connectivity index (χ4v) is 6.77. The first-order valence-electron chi connectivity index (χ1n) is 18.7. The molecule has 0 aliphatic rings. The Morgan fingerprint density at radius 2 is 0.781 bits per heavy atom. The summed E-state index contributed by atoms with van der Waals surface area (Å²) in [6, 6.07) is 47.2. The summed E-state index contributed by atoms with van der Waals surface area (Å²) in [5.74, 6) is -2.28. The van der Waals surface area contributed by atoms with Crippen molar-refractivity contribution in [3.63, 3.8) is 0 Å². The van der Waals surface area contributed by atoms with Gasteiger partial charge in [0.25, 0.3) is 0 Å². The Hall–Kier alpha value is -8.44. The molecule has 0 aliphatic heterocycles. The Kier molecular flexibility index (Phi) is 15.7. The number of ketones is 1. The molecule has 0 unspecified atom stereocenters. The molecule has 312 valence electrons. The van der Waals surface area contributed by atoms with Crippen molar-refractivity contribution in [2.45, 2.75) is 14.4 Å². The van der Waals surface area contributed by atoms with E-state index in [9.17, 15) is 19.2 Å². The number of carboxylic acids is 2. The number of fused-ring (bicyclic) bond motifs is 3. The maximum Gasteiger partial charge on any atom is 1.00 e. The van der Waals surface area contributed by atoms with E-state index in [0.717, 1.165) is 55.3 Å². The fourth-order valence-electron chi connectivity index (χ4n) is 6.77. The molecule has 5 N–H and O–H groups in total. The maximum absolute atomic E-state index is 11.4. The molecule has 9 aromatic rings. The van der Waals surface area contributed by atoms with Crippen LogP contribution in [-0.2, 0) is 0 Å². The Morgan fingerprint density at radius 1 is 0.484 bits per heavy atom. The van der Waals surface area contributed by atoms with Gasteiger partial charge < -0.3 is 35.1 Å². The number of aromatic carboxylic acids is 2. The molecule has 0 bridgehead atoms. The third kappa shape index (κ3) is 10.3. The van der Waals surface area contributed by atoms with Crippen LogP contribution in [0.15, 0.2) is 164 Å². The standard InChI is InChI=1S/C17H12N2O.C16H12N2O3.C16H10N2O2.CH4.Li.H2O/c1-12(20)14-4-7-17-15(10-14)8-9-19(17)16-5-2-13(11-18)3-6-16;17-15(19)10-1-4-13(5-2-10)18-8-7-11-9-12(16(20)21)3-6-14(11)18;17-10-11-1-4-14(5-2-11)18-8-7-12-9-13(16(19)20)3-6-15(12)18;;;/h2-10H,1H3;1-9H,(H2,17,19)(H,20,21);1-9H,(H,19,20);1H4;;1H2/q;;;;+1;/p-1. The first kappa shape index (κ1) is 48.2. The molecular weight excluding hydrogens is 804 g/mol. The van der Waals surface area contributed by atoms with Crippen molar-refractivity contribution in [3.8, 4) is 29.2 Å². The number of nitrogens with zero attached hydrogens (tertiary/aromatic N) is 5. The van der Waals surface area contributed by atoms with Gasteiger partial charge >= 0.3 is 30.8 Å².